The fraction of sp³-hybridized carbons (Fsp3) is 0.0690. The lowest BCUT2D eigenvalue weighted by Crippen LogP contribution is -2.02. The Morgan fingerprint density at radius 1 is 0.262 bits per heavy atom. The van der Waals surface area contributed by atoms with E-state index in [0.29, 0.717) is 34.9 Å². The lowest BCUT2D eigenvalue weighted by atomic mass is 9.98. The predicted octanol–water partition coefficient (Wildman–Crippen LogP) is 15.0. The second-order valence-corrected chi connectivity index (χ2v) is 17.6. The predicted molar refractivity (Wildman–Crippen MR) is 269 cm³/mol. The highest BCUT2D eigenvalue weighted by atomic mass is 32.1. The second-order valence-electron chi connectivity index (χ2n) is 16.6. The standard InChI is InChI=1S/C58H42N6S/c1-35-15-5-9-23-45(35)55-59-53(60-56(63-55)46-24-10-6-16-36(46)2)43-21-13-19-39(31-43)41-27-29-51-49(33-41)50-34-42(28-30-52(50)65-51)40-20-14-22-44(32-40)54-61-57(47-25-11-7-17-37(47)3)64-58(62-54)48-26-12-8-18-38(48)4/h5-34H,1-4H3. The summed E-state index contributed by atoms with van der Waals surface area (Å²) in [6, 6.07) is 63.7. The van der Waals surface area contributed by atoms with Crippen LogP contribution < -0.4 is 0 Å². The fourth-order valence-electron chi connectivity index (χ4n) is 8.60. The largest absolute Gasteiger partial charge is 0.208 e. The van der Waals surface area contributed by atoms with Crippen molar-refractivity contribution in [2.75, 3.05) is 0 Å². The number of thiophene rings is 1. The molecule has 0 atom stereocenters. The number of hydrogen-bond acceptors (Lipinski definition) is 7. The van der Waals surface area contributed by atoms with Crippen molar-refractivity contribution in [3.63, 3.8) is 0 Å². The minimum atomic E-state index is 0.641. The van der Waals surface area contributed by atoms with Crippen molar-refractivity contribution in [3.8, 4) is 90.6 Å². The molecule has 0 aliphatic carbocycles. The summed E-state index contributed by atoms with van der Waals surface area (Å²) < 4.78 is 2.48. The van der Waals surface area contributed by atoms with Crippen molar-refractivity contribution in [2.24, 2.45) is 0 Å². The zero-order chi connectivity index (χ0) is 44.0. The number of aryl methyl sites for hydroxylation is 4. The third-order valence-electron chi connectivity index (χ3n) is 12.2. The maximum Gasteiger partial charge on any atom is 0.164 e. The molecule has 0 aliphatic heterocycles. The van der Waals surface area contributed by atoms with Gasteiger partial charge in [-0.05, 0) is 109 Å². The summed E-state index contributed by atoms with van der Waals surface area (Å²) in [5, 5.41) is 2.44. The van der Waals surface area contributed by atoms with Crippen LogP contribution >= 0.6 is 11.3 Å². The molecule has 7 heteroatoms. The first-order valence-corrected chi connectivity index (χ1v) is 22.6. The van der Waals surface area contributed by atoms with Crippen LogP contribution in [0.25, 0.3) is 111 Å². The van der Waals surface area contributed by atoms with Gasteiger partial charge in [0.2, 0.25) is 0 Å². The Balaban J connectivity index is 0.973. The van der Waals surface area contributed by atoms with Gasteiger partial charge in [0.15, 0.2) is 34.9 Å². The maximum absolute atomic E-state index is 5.08. The third-order valence-corrected chi connectivity index (χ3v) is 13.3. The van der Waals surface area contributed by atoms with Gasteiger partial charge >= 0.3 is 0 Å². The molecule has 0 radical (unpaired) electrons. The SMILES string of the molecule is Cc1ccccc1-c1nc(-c2cccc(-c3ccc4sc5ccc(-c6cccc(-c7nc(-c8ccccc8C)nc(-c8ccccc8C)n7)c6)cc5c4c3)c2)nc(-c2ccccc2C)n1. The molecule has 6 nitrogen and oxygen atoms in total. The molecular weight excluding hydrogens is 813 g/mol. The molecule has 3 aromatic heterocycles. The van der Waals surface area contributed by atoms with Crippen molar-refractivity contribution in [1.82, 2.24) is 29.9 Å². The van der Waals surface area contributed by atoms with E-state index in [1.54, 1.807) is 0 Å². The fourth-order valence-corrected chi connectivity index (χ4v) is 9.67. The van der Waals surface area contributed by atoms with Crippen molar-refractivity contribution < 1.29 is 0 Å². The Morgan fingerprint density at radius 3 is 0.892 bits per heavy atom. The second kappa shape index (κ2) is 16.6. The molecule has 8 aromatic carbocycles. The van der Waals surface area contributed by atoms with E-state index in [0.717, 1.165) is 77.9 Å². The number of hydrogen-bond donors (Lipinski definition) is 0. The van der Waals surface area contributed by atoms with Crippen LogP contribution in [0.3, 0.4) is 0 Å². The molecule has 0 fully saturated rings. The number of aromatic nitrogens is 6. The van der Waals surface area contributed by atoms with E-state index < -0.39 is 0 Å². The zero-order valence-electron chi connectivity index (χ0n) is 36.4. The summed E-state index contributed by atoms with van der Waals surface area (Å²) in [4.78, 5) is 30.4. The van der Waals surface area contributed by atoms with Crippen LogP contribution in [-0.2, 0) is 0 Å². The Morgan fingerprint density at radius 2 is 0.554 bits per heavy atom. The zero-order valence-corrected chi connectivity index (χ0v) is 37.2. The lowest BCUT2D eigenvalue weighted by molar-refractivity contribution is 1.07. The van der Waals surface area contributed by atoms with Gasteiger partial charge in [-0.1, -0.05) is 146 Å². The lowest BCUT2D eigenvalue weighted by Gasteiger charge is -2.12. The summed E-state index contributed by atoms with van der Waals surface area (Å²) in [5.74, 6) is 3.94. The topological polar surface area (TPSA) is 77.3 Å². The molecule has 310 valence electrons. The van der Waals surface area contributed by atoms with Crippen LogP contribution in [0.5, 0.6) is 0 Å². The molecule has 0 N–H and O–H groups in total. The van der Waals surface area contributed by atoms with Gasteiger partial charge in [0.05, 0.1) is 0 Å². The van der Waals surface area contributed by atoms with Gasteiger partial charge in [0.25, 0.3) is 0 Å². The van der Waals surface area contributed by atoms with Gasteiger partial charge < -0.3 is 0 Å². The van der Waals surface area contributed by atoms with Crippen LogP contribution in [0.4, 0.5) is 0 Å². The van der Waals surface area contributed by atoms with E-state index in [1.807, 2.05) is 59.9 Å². The van der Waals surface area contributed by atoms with E-state index in [-0.39, 0.29) is 0 Å². The highest BCUT2D eigenvalue weighted by Gasteiger charge is 2.18. The summed E-state index contributed by atoms with van der Waals surface area (Å²) in [5.41, 5.74) is 14.7. The molecule has 0 bridgehead atoms. The quantitative estimate of drug-likeness (QED) is 0.151. The molecule has 0 amide bonds. The maximum atomic E-state index is 5.08. The molecule has 11 aromatic rings. The first kappa shape index (κ1) is 39.8. The third kappa shape index (κ3) is 7.66. The van der Waals surface area contributed by atoms with Crippen LogP contribution in [-0.4, -0.2) is 29.9 Å². The monoisotopic (exact) mass is 854 g/mol. The summed E-state index contributed by atoms with van der Waals surface area (Å²) in [6.45, 7) is 8.38. The van der Waals surface area contributed by atoms with Gasteiger partial charge in [-0.2, -0.15) is 0 Å². The molecule has 0 spiro atoms. The van der Waals surface area contributed by atoms with Gasteiger partial charge in [-0.3, -0.25) is 0 Å². The molecular formula is C58H42N6S. The molecule has 0 saturated carbocycles. The number of nitrogens with zero attached hydrogens (tertiary/aromatic N) is 6. The number of benzene rings is 8. The molecule has 0 aliphatic rings. The highest BCUT2D eigenvalue weighted by Crippen LogP contribution is 2.40. The molecule has 3 heterocycles. The molecule has 0 saturated heterocycles. The van der Waals surface area contributed by atoms with E-state index in [2.05, 4.69) is 161 Å². The number of rotatable bonds is 8. The van der Waals surface area contributed by atoms with Crippen molar-refractivity contribution in [2.45, 2.75) is 27.7 Å². The van der Waals surface area contributed by atoms with E-state index in [1.165, 1.54) is 20.2 Å². The number of fused-ring (bicyclic) bond motifs is 3. The van der Waals surface area contributed by atoms with E-state index in [4.69, 9.17) is 29.9 Å². The average Bonchev–Trinajstić information content (AvgIpc) is 3.72. The Labute approximate surface area is 382 Å². The van der Waals surface area contributed by atoms with E-state index >= 15 is 0 Å². The van der Waals surface area contributed by atoms with Crippen molar-refractivity contribution >= 4 is 31.5 Å². The van der Waals surface area contributed by atoms with Crippen molar-refractivity contribution in [3.05, 3.63) is 204 Å². The molecule has 11 rings (SSSR count). The van der Waals surface area contributed by atoms with Gasteiger partial charge in [0, 0.05) is 53.6 Å². The summed E-state index contributed by atoms with van der Waals surface area (Å²) >= 11 is 1.82. The van der Waals surface area contributed by atoms with Crippen LogP contribution in [0.15, 0.2) is 182 Å². The summed E-state index contributed by atoms with van der Waals surface area (Å²) in [7, 11) is 0. The van der Waals surface area contributed by atoms with E-state index in [9.17, 15) is 0 Å². The van der Waals surface area contributed by atoms with Gasteiger partial charge in [-0.15, -0.1) is 11.3 Å². The highest BCUT2D eigenvalue weighted by molar-refractivity contribution is 7.25. The van der Waals surface area contributed by atoms with Crippen LogP contribution in [0.1, 0.15) is 22.3 Å². The molecule has 65 heavy (non-hydrogen) atoms. The van der Waals surface area contributed by atoms with Gasteiger partial charge in [0.1, 0.15) is 0 Å². The van der Waals surface area contributed by atoms with Crippen LogP contribution in [0.2, 0.25) is 0 Å². The minimum absolute atomic E-state index is 0.641. The first-order chi connectivity index (χ1) is 31.8. The normalized spacial score (nSPS) is 11.4. The van der Waals surface area contributed by atoms with Crippen molar-refractivity contribution in [1.29, 1.82) is 0 Å². The van der Waals surface area contributed by atoms with Gasteiger partial charge in [-0.25, -0.2) is 29.9 Å². The average molecular weight is 855 g/mol. The smallest absolute Gasteiger partial charge is 0.164 e. The molecule has 0 unspecified atom stereocenters. The van der Waals surface area contributed by atoms with Crippen LogP contribution in [0, 0.1) is 27.7 Å². The summed E-state index contributed by atoms with van der Waals surface area (Å²) in [6.07, 6.45) is 0. The Kier molecular flexibility index (Phi) is 10.2. The Bertz CT molecular complexity index is 3260. The first-order valence-electron chi connectivity index (χ1n) is 21.8. The minimum Gasteiger partial charge on any atom is -0.208 e. The Hall–Kier alpha value is -8.00.